The Bertz CT molecular complexity index is 471. The highest BCUT2D eigenvalue weighted by molar-refractivity contribution is 14.1. The lowest BCUT2D eigenvalue weighted by Gasteiger charge is -2.47. The van der Waals surface area contributed by atoms with Gasteiger partial charge in [0.25, 0.3) is 5.91 Å². The van der Waals surface area contributed by atoms with E-state index in [1.807, 2.05) is 13.8 Å². The quantitative estimate of drug-likeness (QED) is 0.349. The number of nitrogens with zero attached hydrogens (tertiary/aromatic N) is 2. The van der Waals surface area contributed by atoms with Crippen LogP contribution in [0.4, 0.5) is 0 Å². The minimum Gasteiger partial charge on any atom is -0.477 e. The van der Waals surface area contributed by atoms with E-state index in [0.717, 1.165) is 11.3 Å². The van der Waals surface area contributed by atoms with E-state index in [4.69, 9.17) is 0 Å². The van der Waals surface area contributed by atoms with E-state index in [1.54, 1.807) is 11.8 Å². The summed E-state index contributed by atoms with van der Waals surface area (Å²) < 4.78 is 0.629. The van der Waals surface area contributed by atoms with Crippen LogP contribution in [0.25, 0.3) is 0 Å². The Kier molecular flexibility index (Phi) is 4.00. The van der Waals surface area contributed by atoms with Gasteiger partial charge in [0.1, 0.15) is 11.1 Å². The molecule has 0 saturated carbocycles. The molecule has 2 rings (SSSR count). The van der Waals surface area contributed by atoms with Gasteiger partial charge in [-0.15, -0.1) is 11.8 Å². The number of carbonyl (C=O) groups is 2. The van der Waals surface area contributed by atoms with Crippen LogP contribution in [-0.2, 0) is 9.59 Å². The first kappa shape index (κ1) is 13.9. The molecule has 5 nitrogen and oxygen atoms in total. The van der Waals surface area contributed by atoms with Crippen LogP contribution in [0, 0.1) is 0 Å². The molecule has 0 unspecified atom stereocenters. The van der Waals surface area contributed by atoms with Crippen molar-refractivity contribution >= 4 is 51.9 Å². The van der Waals surface area contributed by atoms with Gasteiger partial charge in [-0.2, -0.15) is 0 Å². The van der Waals surface area contributed by atoms with Crippen molar-refractivity contribution in [2.24, 2.45) is 4.99 Å². The van der Waals surface area contributed by atoms with Crippen molar-refractivity contribution in [3.8, 4) is 0 Å². The highest BCUT2D eigenvalue weighted by Crippen LogP contribution is 2.42. The summed E-state index contributed by atoms with van der Waals surface area (Å²) in [5.74, 6) is -0.558. The first-order chi connectivity index (χ1) is 8.47. The second kappa shape index (κ2) is 5.20. The molecule has 0 bridgehead atoms. The van der Waals surface area contributed by atoms with Gasteiger partial charge in [-0.1, -0.05) is 22.6 Å². The van der Waals surface area contributed by atoms with Gasteiger partial charge in [0.2, 0.25) is 0 Å². The Balaban J connectivity index is 2.32. The third kappa shape index (κ3) is 2.18. The standard InChI is InChI=1S/C11H13IN2O3S/c1-5(2)13-7-9(15)14-8(11(16)17)6(3-12)4-18-10(7)14/h7,10H,3-4H2,1-2H3,(H,16,17)/t7-,10-/m1/s1. The van der Waals surface area contributed by atoms with Crippen molar-refractivity contribution in [2.45, 2.75) is 25.3 Å². The Labute approximate surface area is 123 Å². The van der Waals surface area contributed by atoms with Crippen LogP contribution in [0.15, 0.2) is 16.3 Å². The van der Waals surface area contributed by atoms with Gasteiger partial charge in [-0.25, -0.2) is 4.79 Å². The van der Waals surface area contributed by atoms with Crippen LogP contribution in [0.1, 0.15) is 13.8 Å². The summed E-state index contributed by atoms with van der Waals surface area (Å²) >= 11 is 3.72. The van der Waals surface area contributed by atoms with Crippen molar-refractivity contribution in [3.63, 3.8) is 0 Å². The molecule has 1 fully saturated rings. The van der Waals surface area contributed by atoms with Crippen LogP contribution in [0.3, 0.4) is 0 Å². The number of carboxylic acid groups (broad SMARTS) is 1. The largest absolute Gasteiger partial charge is 0.477 e. The van der Waals surface area contributed by atoms with E-state index in [1.165, 1.54) is 4.90 Å². The predicted molar refractivity (Wildman–Crippen MR) is 79.2 cm³/mol. The number of carbonyl (C=O) groups excluding carboxylic acids is 1. The van der Waals surface area contributed by atoms with Crippen LogP contribution < -0.4 is 0 Å². The first-order valence-electron chi connectivity index (χ1n) is 5.44. The fourth-order valence-corrected chi connectivity index (χ4v) is 4.36. The van der Waals surface area contributed by atoms with Gasteiger partial charge >= 0.3 is 5.97 Å². The minimum atomic E-state index is -1.02. The number of aliphatic imine (C=N–C) groups is 1. The second-order valence-corrected chi connectivity index (χ2v) is 6.19. The summed E-state index contributed by atoms with van der Waals surface area (Å²) in [6, 6.07) is -0.412. The number of β-lactam (4-membered cyclic amide) rings is 1. The predicted octanol–water partition coefficient (Wildman–Crippen LogP) is 1.52. The number of hydrogen-bond donors (Lipinski definition) is 1. The van der Waals surface area contributed by atoms with E-state index in [9.17, 15) is 14.7 Å². The number of halogens is 1. The van der Waals surface area contributed by atoms with Crippen LogP contribution in [0.5, 0.6) is 0 Å². The average Bonchev–Trinajstić information content (AvgIpc) is 2.33. The third-order valence-corrected chi connectivity index (χ3v) is 5.03. The van der Waals surface area contributed by atoms with Crippen molar-refractivity contribution in [1.29, 1.82) is 0 Å². The maximum atomic E-state index is 12.0. The normalized spacial score (nSPS) is 26.6. The number of fused-ring (bicyclic) bond motifs is 1. The maximum absolute atomic E-state index is 12.0. The summed E-state index contributed by atoms with van der Waals surface area (Å²) in [6.45, 7) is 3.68. The summed E-state index contributed by atoms with van der Waals surface area (Å²) in [5, 5.41) is 9.10. The van der Waals surface area contributed by atoms with Crippen molar-refractivity contribution in [1.82, 2.24) is 4.90 Å². The zero-order valence-corrected chi connectivity index (χ0v) is 13.0. The molecule has 2 heterocycles. The average molecular weight is 380 g/mol. The molecule has 2 aliphatic heterocycles. The fraction of sp³-hybridized carbons (Fsp3) is 0.545. The molecular weight excluding hydrogens is 367 g/mol. The molecule has 0 aromatic carbocycles. The SMILES string of the molecule is CC(C)=N[C@@H]1C(=O)N2C(C(=O)O)=C(CI)CS[C@H]12. The van der Waals surface area contributed by atoms with Gasteiger partial charge in [0, 0.05) is 15.9 Å². The number of carboxylic acids is 1. The maximum Gasteiger partial charge on any atom is 0.352 e. The zero-order chi connectivity index (χ0) is 13.4. The van der Waals surface area contributed by atoms with Crippen molar-refractivity contribution in [3.05, 3.63) is 11.3 Å². The number of aliphatic carboxylic acids is 1. The lowest BCUT2D eigenvalue weighted by molar-refractivity contribution is -0.147. The van der Waals surface area contributed by atoms with Crippen molar-refractivity contribution < 1.29 is 14.7 Å². The summed E-state index contributed by atoms with van der Waals surface area (Å²) in [6.07, 6.45) is 0. The Hall–Kier alpha value is -0.570. The summed E-state index contributed by atoms with van der Waals surface area (Å²) in [4.78, 5) is 29.0. The number of thioether (sulfide) groups is 1. The van der Waals surface area contributed by atoms with Gasteiger partial charge in [0.15, 0.2) is 6.04 Å². The fourth-order valence-electron chi connectivity index (χ4n) is 2.03. The molecule has 1 saturated heterocycles. The topological polar surface area (TPSA) is 70.0 Å². The molecule has 2 aliphatic rings. The van der Waals surface area contributed by atoms with E-state index in [2.05, 4.69) is 27.6 Å². The molecule has 98 valence electrons. The molecular formula is C11H13IN2O3S. The lowest BCUT2D eigenvalue weighted by Crippen LogP contribution is -2.64. The van der Waals surface area contributed by atoms with E-state index in [-0.39, 0.29) is 17.0 Å². The van der Waals surface area contributed by atoms with Crippen molar-refractivity contribution in [2.75, 3.05) is 10.2 Å². The zero-order valence-electron chi connectivity index (χ0n) is 10.0. The van der Waals surface area contributed by atoms with E-state index >= 15 is 0 Å². The molecule has 7 heteroatoms. The summed E-state index contributed by atoms with van der Waals surface area (Å²) in [5.41, 5.74) is 1.82. The molecule has 1 amide bonds. The first-order valence-corrected chi connectivity index (χ1v) is 8.01. The number of rotatable bonds is 3. The number of hydrogen-bond acceptors (Lipinski definition) is 4. The Morgan fingerprint density at radius 2 is 2.28 bits per heavy atom. The Morgan fingerprint density at radius 1 is 1.61 bits per heavy atom. The molecule has 0 aromatic rings. The number of alkyl halides is 1. The highest BCUT2D eigenvalue weighted by atomic mass is 127. The molecule has 0 aliphatic carbocycles. The summed E-state index contributed by atoms with van der Waals surface area (Å²) in [7, 11) is 0. The third-order valence-electron chi connectivity index (χ3n) is 2.78. The van der Waals surface area contributed by atoms with Crippen LogP contribution in [0.2, 0.25) is 0 Å². The van der Waals surface area contributed by atoms with Gasteiger partial charge < -0.3 is 5.11 Å². The second-order valence-electron chi connectivity index (χ2n) is 4.32. The molecule has 0 spiro atoms. The van der Waals surface area contributed by atoms with E-state index < -0.39 is 12.0 Å². The van der Waals surface area contributed by atoms with Crippen LogP contribution >= 0.6 is 34.4 Å². The smallest absolute Gasteiger partial charge is 0.352 e. The van der Waals surface area contributed by atoms with Gasteiger partial charge in [-0.3, -0.25) is 14.7 Å². The monoisotopic (exact) mass is 380 g/mol. The molecule has 18 heavy (non-hydrogen) atoms. The lowest BCUT2D eigenvalue weighted by atomic mass is 10.0. The molecule has 0 aromatic heterocycles. The molecule has 2 atom stereocenters. The Morgan fingerprint density at radius 3 is 2.78 bits per heavy atom. The van der Waals surface area contributed by atoms with Crippen LogP contribution in [-0.4, -0.2) is 49.2 Å². The highest BCUT2D eigenvalue weighted by Gasteiger charge is 2.53. The molecule has 0 radical (unpaired) electrons. The minimum absolute atomic E-state index is 0.148. The molecule has 1 N–H and O–H groups in total. The van der Waals surface area contributed by atoms with Gasteiger partial charge in [0.05, 0.1) is 0 Å². The van der Waals surface area contributed by atoms with E-state index in [0.29, 0.717) is 10.2 Å². The number of amides is 1. The van der Waals surface area contributed by atoms with Gasteiger partial charge in [-0.05, 0) is 19.4 Å².